The second kappa shape index (κ2) is 5.41. The maximum Gasteiger partial charge on any atom is 0.445 e. The lowest BCUT2D eigenvalue weighted by molar-refractivity contribution is -0.138. The fraction of sp³-hybridized carbons (Fsp3) is 0.100. The van der Waals surface area contributed by atoms with E-state index in [1.54, 1.807) is 0 Å². The summed E-state index contributed by atoms with van der Waals surface area (Å²) >= 11 is 0.189. The molecular weight excluding hydrogens is 300 g/mol. The monoisotopic (exact) mass is 306 g/mol. The van der Waals surface area contributed by atoms with Gasteiger partial charge in [0.1, 0.15) is 5.82 Å². The molecule has 0 bridgehead atoms. The molecule has 1 aromatic heterocycles. The lowest BCUT2D eigenvalue weighted by atomic mass is 10.3. The minimum atomic E-state index is -4.61. The molecule has 10 heteroatoms. The Bertz CT molecular complexity index is 628. The summed E-state index contributed by atoms with van der Waals surface area (Å²) in [7, 11) is 0. The molecule has 0 atom stereocenters. The molecule has 2 aromatic rings. The third kappa shape index (κ3) is 3.63. The molecule has 2 N–H and O–H groups in total. The van der Waals surface area contributed by atoms with Crippen LogP contribution in [0.25, 0.3) is 0 Å². The smallest absolute Gasteiger partial charge is 0.308 e. The molecule has 5 nitrogen and oxygen atoms in total. The highest BCUT2D eigenvalue weighted by molar-refractivity contribution is 7.15. The van der Waals surface area contributed by atoms with Gasteiger partial charge < -0.3 is 5.32 Å². The number of benzene rings is 1. The van der Waals surface area contributed by atoms with Gasteiger partial charge in [-0.1, -0.05) is 17.4 Å². The van der Waals surface area contributed by atoms with Crippen LogP contribution in [0.4, 0.5) is 33.2 Å². The van der Waals surface area contributed by atoms with Crippen LogP contribution in [-0.2, 0) is 6.18 Å². The number of hydrogen-bond donors (Lipinski definition) is 2. The van der Waals surface area contributed by atoms with Gasteiger partial charge in [0.25, 0.3) is 0 Å². The molecule has 1 heterocycles. The van der Waals surface area contributed by atoms with Crippen molar-refractivity contribution in [1.82, 2.24) is 10.2 Å². The Hall–Kier alpha value is -2.23. The Kier molecular flexibility index (Phi) is 3.84. The summed E-state index contributed by atoms with van der Waals surface area (Å²) in [5, 5.41) is 8.93. The predicted octanol–water partition coefficient (Wildman–Crippen LogP) is 3.34. The lowest BCUT2D eigenvalue weighted by Gasteiger charge is -2.04. The highest BCUT2D eigenvalue weighted by atomic mass is 32.1. The summed E-state index contributed by atoms with van der Waals surface area (Å²) < 4.78 is 49.7. The van der Waals surface area contributed by atoms with Crippen LogP contribution in [0, 0.1) is 5.82 Å². The number of carbonyl (C=O) groups excluding carboxylic acids is 1. The summed E-state index contributed by atoms with van der Waals surface area (Å²) in [5.74, 6) is -0.557. The normalized spacial score (nSPS) is 11.2. The highest BCUT2D eigenvalue weighted by Crippen LogP contribution is 2.32. The van der Waals surface area contributed by atoms with Crippen molar-refractivity contribution in [3.8, 4) is 0 Å². The van der Waals surface area contributed by atoms with E-state index in [1.807, 2.05) is 0 Å². The number of aromatic nitrogens is 2. The van der Waals surface area contributed by atoms with E-state index in [4.69, 9.17) is 0 Å². The van der Waals surface area contributed by atoms with Crippen molar-refractivity contribution in [1.29, 1.82) is 0 Å². The van der Waals surface area contributed by atoms with Gasteiger partial charge >= 0.3 is 12.2 Å². The van der Waals surface area contributed by atoms with Crippen molar-refractivity contribution in [3.05, 3.63) is 35.1 Å². The molecule has 0 unspecified atom stereocenters. The van der Waals surface area contributed by atoms with Gasteiger partial charge in [0, 0.05) is 5.69 Å². The topological polar surface area (TPSA) is 66.9 Å². The van der Waals surface area contributed by atoms with Crippen molar-refractivity contribution in [2.24, 2.45) is 0 Å². The summed E-state index contributed by atoms with van der Waals surface area (Å²) in [6, 6.07) is 4.19. The molecule has 0 saturated carbocycles. The van der Waals surface area contributed by atoms with E-state index in [0.717, 1.165) is 6.07 Å². The average Bonchev–Trinajstić information content (AvgIpc) is 2.76. The standard InChI is InChI=1S/C10H6F4N4OS/c11-5-2-1-3-6(4-5)15-8(19)16-9-18-17-7(20-9)10(12,13)14/h1-4H,(H2,15,16,18,19). The van der Waals surface area contributed by atoms with Gasteiger partial charge in [0.15, 0.2) is 0 Å². The first-order valence-corrected chi connectivity index (χ1v) is 5.90. The zero-order valence-electron chi connectivity index (χ0n) is 9.53. The Labute approximate surface area is 113 Å². The van der Waals surface area contributed by atoms with Crippen LogP contribution >= 0.6 is 11.3 Å². The van der Waals surface area contributed by atoms with Crippen LogP contribution in [0.15, 0.2) is 24.3 Å². The minimum absolute atomic E-state index is 0.156. The number of anilines is 2. The predicted molar refractivity (Wildman–Crippen MR) is 64.0 cm³/mol. The van der Waals surface area contributed by atoms with Crippen molar-refractivity contribution in [3.63, 3.8) is 0 Å². The molecule has 2 amide bonds. The van der Waals surface area contributed by atoms with Crippen molar-refractivity contribution < 1.29 is 22.4 Å². The molecule has 106 valence electrons. The van der Waals surface area contributed by atoms with Crippen molar-refractivity contribution >= 4 is 28.2 Å². The third-order valence-corrected chi connectivity index (χ3v) is 2.85. The van der Waals surface area contributed by atoms with Gasteiger partial charge in [0.2, 0.25) is 10.1 Å². The number of amides is 2. The van der Waals surface area contributed by atoms with Crippen molar-refractivity contribution in [2.45, 2.75) is 6.18 Å². The van der Waals surface area contributed by atoms with Crippen LogP contribution in [0.2, 0.25) is 0 Å². The SMILES string of the molecule is O=C(Nc1cccc(F)c1)Nc1nnc(C(F)(F)F)s1. The van der Waals surface area contributed by atoms with E-state index in [9.17, 15) is 22.4 Å². The van der Waals surface area contributed by atoms with E-state index in [2.05, 4.69) is 20.8 Å². The zero-order valence-corrected chi connectivity index (χ0v) is 10.3. The first-order chi connectivity index (χ1) is 9.34. The largest absolute Gasteiger partial charge is 0.445 e. The Balaban J connectivity index is 2.00. The van der Waals surface area contributed by atoms with Crippen LogP contribution in [0.5, 0.6) is 0 Å². The van der Waals surface area contributed by atoms with Crippen LogP contribution < -0.4 is 10.6 Å². The van der Waals surface area contributed by atoms with Crippen molar-refractivity contribution in [2.75, 3.05) is 10.6 Å². The van der Waals surface area contributed by atoms with Crippen LogP contribution in [-0.4, -0.2) is 16.2 Å². The van der Waals surface area contributed by atoms with Gasteiger partial charge in [-0.15, -0.1) is 10.2 Å². The lowest BCUT2D eigenvalue weighted by Crippen LogP contribution is -2.19. The fourth-order valence-electron chi connectivity index (χ4n) is 1.21. The third-order valence-electron chi connectivity index (χ3n) is 1.97. The molecule has 0 radical (unpaired) electrons. The van der Waals surface area contributed by atoms with Gasteiger partial charge in [-0.25, -0.2) is 9.18 Å². The number of carbonyl (C=O) groups is 1. The van der Waals surface area contributed by atoms with E-state index in [0.29, 0.717) is 0 Å². The molecule has 0 fully saturated rings. The van der Waals surface area contributed by atoms with E-state index < -0.39 is 23.0 Å². The zero-order chi connectivity index (χ0) is 14.8. The van der Waals surface area contributed by atoms with Gasteiger partial charge in [0.05, 0.1) is 0 Å². The second-order valence-electron chi connectivity index (χ2n) is 3.50. The minimum Gasteiger partial charge on any atom is -0.308 e. The molecular formula is C10H6F4N4OS. The molecule has 0 spiro atoms. The first-order valence-electron chi connectivity index (χ1n) is 5.09. The number of nitrogens with one attached hydrogen (secondary N) is 2. The average molecular weight is 306 g/mol. The molecule has 0 aliphatic carbocycles. The summed E-state index contributed by atoms with van der Waals surface area (Å²) in [6.45, 7) is 0. The van der Waals surface area contributed by atoms with Gasteiger partial charge in [-0.2, -0.15) is 13.2 Å². The molecule has 0 aliphatic rings. The Morgan fingerprint density at radius 1 is 1.20 bits per heavy atom. The molecule has 20 heavy (non-hydrogen) atoms. The van der Waals surface area contributed by atoms with E-state index >= 15 is 0 Å². The highest BCUT2D eigenvalue weighted by Gasteiger charge is 2.35. The fourth-order valence-corrected chi connectivity index (χ4v) is 1.82. The van der Waals surface area contributed by atoms with Gasteiger partial charge in [-0.05, 0) is 18.2 Å². The maximum absolute atomic E-state index is 12.9. The quantitative estimate of drug-likeness (QED) is 0.836. The number of halogens is 4. The second-order valence-corrected chi connectivity index (χ2v) is 4.48. The van der Waals surface area contributed by atoms with E-state index in [1.165, 1.54) is 18.2 Å². The summed E-state index contributed by atoms with van der Waals surface area (Å²) in [6.07, 6.45) is -4.61. The number of nitrogens with zero attached hydrogens (tertiary/aromatic N) is 2. The van der Waals surface area contributed by atoms with E-state index in [-0.39, 0.29) is 22.2 Å². The Morgan fingerprint density at radius 3 is 2.55 bits per heavy atom. The Morgan fingerprint density at radius 2 is 1.95 bits per heavy atom. The summed E-state index contributed by atoms with van der Waals surface area (Å²) in [4.78, 5) is 11.5. The molecule has 2 rings (SSSR count). The van der Waals surface area contributed by atoms with Gasteiger partial charge in [-0.3, -0.25) is 5.32 Å². The molecule has 0 aliphatic heterocycles. The first kappa shape index (κ1) is 14.2. The number of urea groups is 1. The number of rotatable bonds is 2. The number of alkyl halides is 3. The number of hydrogen-bond acceptors (Lipinski definition) is 4. The molecule has 0 saturated heterocycles. The molecule has 1 aromatic carbocycles. The van der Waals surface area contributed by atoms with Crippen LogP contribution in [0.3, 0.4) is 0 Å². The maximum atomic E-state index is 12.9. The van der Waals surface area contributed by atoms with Crippen LogP contribution in [0.1, 0.15) is 5.01 Å². The summed E-state index contributed by atoms with van der Waals surface area (Å²) in [5.41, 5.74) is 0.156.